The van der Waals surface area contributed by atoms with Crippen molar-refractivity contribution >= 4 is 27.5 Å². The lowest BCUT2D eigenvalue weighted by atomic mass is 9.94. The number of hydrogen-bond acceptors (Lipinski definition) is 4. The molecule has 0 saturated carbocycles. The van der Waals surface area contributed by atoms with Crippen LogP contribution >= 0.6 is 0 Å². The summed E-state index contributed by atoms with van der Waals surface area (Å²) in [5.74, 6) is 0.252. The smallest absolute Gasteiger partial charge is 0.253 e. The van der Waals surface area contributed by atoms with Gasteiger partial charge in [-0.2, -0.15) is 0 Å². The van der Waals surface area contributed by atoms with Crippen LogP contribution < -0.4 is 4.31 Å². The first-order valence-corrected chi connectivity index (χ1v) is 13.3. The molecule has 0 aromatic heterocycles. The first-order valence-electron chi connectivity index (χ1n) is 11.5. The molecule has 0 N–H and O–H groups in total. The van der Waals surface area contributed by atoms with E-state index in [1.54, 1.807) is 12.1 Å². The largest absolute Gasteiger partial charge is 0.342 e. The minimum Gasteiger partial charge on any atom is -0.342 e. The Morgan fingerprint density at radius 2 is 1.58 bits per heavy atom. The van der Waals surface area contributed by atoms with E-state index in [0.29, 0.717) is 43.6 Å². The van der Waals surface area contributed by atoms with E-state index in [1.807, 2.05) is 22.8 Å². The first kappa shape index (κ1) is 22.1. The van der Waals surface area contributed by atoms with Crippen molar-refractivity contribution in [2.24, 2.45) is 5.92 Å². The third-order valence-electron chi connectivity index (χ3n) is 6.89. The van der Waals surface area contributed by atoms with E-state index in [0.717, 1.165) is 31.5 Å². The van der Waals surface area contributed by atoms with Crippen molar-refractivity contribution in [3.8, 4) is 0 Å². The lowest BCUT2D eigenvalue weighted by Crippen LogP contribution is -2.44. The molecule has 0 spiro atoms. The van der Waals surface area contributed by atoms with E-state index in [4.69, 9.17) is 0 Å². The van der Waals surface area contributed by atoms with Crippen LogP contribution in [0.25, 0.3) is 0 Å². The molecule has 0 radical (unpaired) electrons. The van der Waals surface area contributed by atoms with Gasteiger partial charge in [0.25, 0.3) is 5.91 Å². The zero-order chi connectivity index (χ0) is 22.2. The Morgan fingerprint density at radius 3 is 2.19 bits per heavy atom. The maximum atomic E-state index is 13.1. The molecule has 1 aromatic carbocycles. The highest BCUT2D eigenvalue weighted by atomic mass is 32.2. The Morgan fingerprint density at radius 1 is 0.935 bits per heavy atom. The fourth-order valence-electron chi connectivity index (χ4n) is 5.30. The summed E-state index contributed by atoms with van der Waals surface area (Å²) >= 11 is 0. The van der Waals surface area contributed by atoms with Crippen LogP contribution in [-0.2, 0) is 21.2 Å². The molecular formula is C23H33N3O4S. The number of nitrogens with zero attached hydrogens (tertiary/aromatic N) is 3. The number of hydrogen-bond donors (Lipinski definition) is 0. The molecule has 2 fully saturated rings. The molecule has 0 aliphatic carbocycles. The Hall–Kier alpha value is -2.09. The Labute approximate surface area is 185 Å². The molecule has 8 heteroatoms. The summed E-state index contributed by atoms with van der Waals surface area (Å²) in [6.07, 6.45) is 7.85. The third kappa shape index (κ3) is 4.59. The predicted molar refractivity (Wildman–Crippen MR) is 121 cm³/mol. The molecule has 1 aromatic rings. The van der Waals surface area contributed by atoms with Crippen molar-refractivity contribution in [2.75, 3.05) is 36.7 Å². The van der Waals surface area contributed by atoms with E-state index in [9.17, 15) is 18.0 Å². The molecule has 0 unspecified atom stereocenters. The van der Waals surface area contributed by atoms with Gasteiger partial charge in [0, 0.05) is 43.7 Å². The average Bonchev–Trinajstić information content (AvgIpc) is 2.90. The van der Waals surface area contributed by atoms with Crippen LogP contribution in [0.15, 0.2) is 18.2 Å². The summed E-state index contributed by atoms with van der Waals surface area (Å²) < 4.78 is 25.7. The van der Waals surface area contributed by atoms with Crippen LogP contribution in [0.3, 0.4) is 0 Å². The number of amides is 2. The molecule has 170 valence electrons. The highest BCUT2D eigenvalue weighted by Crippen LogP contribution is 2.35. The molecule has 0 bridgehead atoms. The van der Waals surface area contributed by atoms with Gasteiger partial charge in [-0.25, -0.2) is 8.42 Å². The maximum Gasteiger partial charge on any atom is 0.253 e. The number of fused-ring (bicyclic) bond motifs is 1. The molecule has 3 aliphatic rings. The van der Waals surface area contributed by atoms with Crippen molar-refractivity contribution in [2.45, 2.75) is 57.9 Å². The molecular weight excluding hydrogens is 414 g/mol. The number of carbonyl (C=O) groups excluding carboxylic acids is 2. The van der Waals surface area contributed by atoms with Gasteiger partial charge in [0.15, 0.2) is 0 Å². The highest BCUT2D eigenvalue weighted by Gasteiger charge is 2.34. The van der Waals surface area contributed by atoms with Crippen molar-refractivity contribution in [1.29, 1.82) is 0 Å². The van der Waals surface area contributed by atoms with Crippen LogP contribution in [0.2, 0.25) is 0 Å². The molecule has 2 saturated heterocycles. The van der Waals surface area contributed by atoms with Gasteiger partial charge in [0.05, 0.1) is 11.9 Å². The van der Waals surface area contributed by atoms with Crippen LogP contribution in [-0.4, -0.2) is 68.5 Å². The number of benzene rings is 1. The Bertz CT molecular complexity index is 946. The molecule has 7 nitrogen and oxygen atoms in total. The zero-order valence-corrected chi connectivity index (χ0v) is 19.4. The lowest BCUT2D eigenvalue weighted by Gasteiger charge is -2.34. The number of rotatable bonds is 3. The second kappa shape index (κ2) is 8.81. The number of anilines is 1. The van der Waals surface area contributed by atoms with E-state index in [1.165, 1.54) is 23.4 Å². The predicted octanol–water partition coefficient (Wildman–Crippen LogP) is 2.65. The van der Waals surface area contributed by atoms with Crippen molar-refractivity contribution < 1.29 is 18.0 Å². The summed E-state index contributed by atoms with van der Waals surface area (Å²) in [5, 5.41) is 0. The minimum atomic E-state index is -3.34. The van der Waals surface area contributed by atoms with Crippen LogP contribution in [0.5, 0.6) is 0 Å². The number of piperidine rings is 1. The third-order valence-corrected chi connectivity index (χ3v) is 8.16. The number of sulfonamides is 1. The van der Waals surface area contributed by atoms with E-state index < -0.39 is 10.0 Å². The SMILES string of the molecule is C[C@H]1Cc2cc(C(=O)N3CCC(C(=O)N4CCCCCC4)CC3)ccc2N1S(C)(=O)=O. The second-order valence-electron chi connectivity index (χ2n) is 9.26. The molecule has 3 heterocycles. The molecule has 1 atom stereocenters. The van der Waals surface area contributed by atoms with Gasteiger partial charge >= 0.3 is 0 Å². The zero-order valence-electron chi connectivity index (χ0n) is 18.5. The number of likely N-dealkylation sites (tertiary alicyclic amines) is 2. The van der Waals surface area contributed by atoms with Gasteiger partial charge in [-0.3, -0.25) is 13.9 Å². The van der Waals surface area contributed by atoms with Gasteiger partial charge in [-0.1, -0.05) is 12.8 Å². The number of carbonyl (C=O) groups is 2. The summed E-state index contributed by atoms with van der Waals surface area (Å²) in [4.78, 5) is 29.8. The summed E-state index contributed by atoms with van der Waals surface area (Å²) in [6.45, 7) is 4.80. The van der Waals surface area contributed by atoms with Gasteiger partial charge in [-0.15, -0.1) is 0 Å². The Kier molecular flexibility index (Phi) is 6.28. The summed E-state index contributed by atoms with van der Waals surface area (Å²) in [6, 6.07) is 5.18. The second-order valence-corrected chi connectivity index (χ2v) is 11.1. The van der Waals surface area contributed by atoms with Crippen molar-refractivity contribution in [1.82, 2.24) is 9.80 Å². The van der Waals surface area contributed by atoms with Crippen molar-refractivity contribution in [3.63, 3.8) is 0 Å². The van der Waals surface area contributed by atoms with Gasteiger partial charge in [0.1, 0.15) is 0 Å². The first-order chi connectivity index (χ1) is 14.8. The van der Waals surface area contributed by atoms with Gasteiger partial charge in [0.2, 0.25) is 15.9 Å². The van der Waals surface area contributed by atoms with E-state index in [2.05, 4.69) is 0 Å². The van der Waals surface area contributed by atoms with E-state index in [-0.39, 0.29) is 23.8 Å². The van der Waals surface area contributed by atoms with Gasteiger partial charge < -0.3 is 9.80 Å². The average molecular weight is 448 g/mol. The maximum absolute atomic E-state index is 13.1. The molecule has 2 amide bonds. The van der Waals surface area contributed by atoms with E-state index >= 15 is 0 Å². The summed E-state index contributed by atoms with van der Waals surface area (Å²) in [5.41, 5.74) is 2.17. The normalized spacial score (nSPS) is 22.9. The quantitative estimate of drug-likeness (QED) is 0.714. The highest BCUT2D eigenvalue weighted by molar-refractivity contribution is 7.92. The lowest BCUT2D eigenvalue weighted by molar-refractivity contribution is -0.136. The molecule has 31 heavy (non-hydrogen) atoms. The topological polar surface area (TPSA) is 78.0 Å². The van der Waals surface area contributed by atoms with Gasteiger partial charge in [-0.05, 0) is 62.8 Å². The fraction of sp³-hybridized carbons (Fsp3) is 0.652. The fourth-order valence-corrected chi connectivity index (χ4v) is 6.57. The monoisotopic (exact) mass is 447 g/mol. The molecule has 3 aliphatic heterocycles. The Balaban J connectivity index is 1.39. The van der Waals surface area contributed by atoms with Crippen LogP contribution in [0.1, 0.15) is 61.4 Å². The molecule has 4 rings (SSSR count). The minimum absolute atomic E-state index is 0.0198. The summed E-state index contributed by atoms with van der Waals surface area (Å²) in [7, 11) is -3.34. The van der Waals surface area contributed by atoms with Crippen LogP contribution in [0, 0.1) is 5.92 Å². The van der Waals surface area contributed by atoms with Crippen LogP contribution in [0.4, 0.5) is 5.69 Å². The van der Waals surface area contributed by atoms with Crippen molar-refractivity contribution in [3.05, 3.63) is 29.3 Å². The standard InChI is InChI=1S/C23H33N3O4S/c1-17-15-20-16-19(7-8-21(20)26(17)31(2,29)30)23(28)25-13-9-18(10-14-25)22(27)24-11-5-3-4-6-12-24/h7-8,16-18H,3-6,9-15H2,1-2H3/t17-/m0/s1.